The Hall–Kier alpha value is -1.09. The van der Waals surface area contributed by atoms with Crippen LogP contribution in [-0.4, -0.2) is 20.4 Å². The molecule has 0 aliphatic carbocycles. The van der Waals surface area contributed by atoms with Gasteiger partial charge in [-0.1, -0.05) is 13.3 Å². The molecule has 2 aromatic heterocycles. The van der Waals surface area contributed by atoms with Crippen molar-refractivity contribution in [3.05, 3.63) is 23.7 Å². The number of hydrogen-bond acceptors (Lipinski definition) is 2. The van der Waals surface area contributed by atoms with Gasteiger partial charge < -0.3 is 4.57 Å². The molecule has 3 nitrogen and oxygen atoms in total. The number of nitrogens with zero attached hydrogens (tertiary/aromatic N) is 3. The molecule has 0 radical (unpaired) electrons. The highest BCUT2D eigenvalue weighted by Gasteiger charge is 2.10. The minimum Gasteiger partial charge on any atom is -0.313 e. The van der Waals surface area contributed by atoms with Crippen molar-refractivity contribution < 1.29 is 0 Å². The summed E-state index contributed by atoms with van der Waals surface area (Å²) >= 11 is 5.83. The predicted molar refractivity (Wildman–Crippen MR) is 71.6 cm³/mol. The first-order valence-corrected chi connectivity index (χ1v) is 6.68. The maximum Gasteiger partial charge on any atom is 0.160 e. The summed E-state index contributed by atoms with van der Waals surface area (Å²) in [6.07, 6.45) is 3.13. The first-order chi connectivity index (χ1) is 8.26. The Morgan fingerprint density at radius 1 is 1.29 bits per heavy atom. The van der Waals surface area contributed by atoms with Gasteiger partial charge in [0.05, 0.1) is 0 Å². The lowest BCUT2D eigenvalue weighted by atomic mass is 10.3. The first-order valence-electron chi connectivity index (χ1n) is 6.15. The maximum absolute atomic E-state index is 5.83. The van der Waals surface area contributed by atoms with Crippen molar-refractivity contribution in [2.45, 2.75) is 39.7 Å². The van der Waals surface area contributed by atoms with Crippen molar-refractivity contribution in [1.29, 1.82) is 0 Å². The minimum absolute atomic E-state index is 0.606. The van der Waals surface area contributed by atoms with Crippen LogP contribution >= 0.6 is 11.6 Å². The number of halogens is 1. The zero-order valence-corrected chi connectivity index (χ0v) is 11.2. The molecule has 0 spiro atoms. The number of fused-ring (bicyclic) bond motifs is 1. The van der Waals surface area contributed by atoms with Crippen LogP contribution in [0.5, 0.6) is 0 Å². The second kappa shape index (κ2) is 5.50. The zero-order chi connectivity index (χ0) is 12.3. The van der Waals surface area contributed by atoms with Gasteiger partial charge in [-0.3, -0.25) is 0 Å². The Bertz CT molecular complexity index is 505. The third-order valence-electron chi connectivity index (χ3n) is 2.86. The van der Waals surface area contributed by atoms with Crippen LogP contribution in [0, 0.1) is 6.92 Å². The van der Waals surface area contributed by atoms with Crippen molar-refractivity contribution in [1.82, 2.24) is 14.5 Å². The molecule has 0 saturated carbocycles. The van der Waals surface area contributed by atoms with Crippen LogP contribution in [0.25, 0.3) is 11.2 Å². The third-order valence-corrected chi connectivity index (χ3v) is 3.05. The molecule has 0 N–H and O–H groups in total. The number of alkyl halides is 1. The van der Waals surface area contributed by atoms with Gasteiger partial charge in [-0.15, -0.1) is 11.6 Å². The van der Waals surface area contributed by atoms with Gasteiger partial charge in [-0.25, -0.2) is 9.97 Å². The van der Waals surface area contributed by atoms with Gasteiger partial charge in [0, 0.05) is 24.5 Å². The molecule has 0 bridgehead atoms. The lowest BCUT2D eigenvalue weighted by Crippen LogP contribution is -2.05. The summed E-state index contributed by atoms with van der Waals surface area (Å²) in [6, 6.07) is 4.04. The maximum atomic E-state index is 5.83. The van der Waals surface area contributed by atoms with E-state index in [0.29, 0.717) is 5.88 Å². The average Bonchev–Trinajstić information content (AvgIpc) is 2.64. The van der Waals surface area contributed by atoms with Gasteiger partial charge in [0.1, 0.15) is 11.3 Å². The highest BCUT2D eigenvalue weighted by molar-refractivity contribution is 6.17. The highest BCUT2D eigenvalue weighted by Crippen LogP contribution is 2.16. The van der Waals surface area contributed by atoms with Gasteiger partial charge in [-0.2, -0.15) is 0 Å². The standard InChI is InChI=1S/C13H18ClN3/c1-3-4-9-17-12(7-8-14)16-11-6-5-10(2)15-13(11)17/h5-6H,3-4,7-9H2,1-2H3. The van der Waals surface area contributed by atoms with E-state index in [-0.39, 0.29) is 0 Å². The second-order valence-corrected chi connectivity index (χ2v) is 4.65. The van der Waals surface area contributed by atoms with Crippen LogP contribution in [0.1, 0.15) is 31.3 Å². The van der Waals surface area contributed by atoms with Crippen molar-refractivity contribution in [3.63, 3.8) is 0 Å². The molecule has 0 aliphatic rings. The summed E-state index contributed by atoms with van der Waals surface area (Å²) in [5.74, 6) is 1.66. The van der Waals surface area contributed by atoms with Crippen molar-refractivity contribution >= 4 is 22.8 Å². The number of aryl methyl sites for hydroxylation is 3. The normalized spacial score (nSPS) is 11.2. The highest BCUT2D eigenvalue weighted by atomic mass is 35.5. The molecule has 2 rings (SSSR count). The quantitative estimate of drug-likeness (QED) is 0.764. The molecule has 0 atom stereocenters. The molecule has 0 fully saturated rings. The molecule has 0 amide bonds. The van der Waals surface area contributed by atoms with Crippen molar-refractivity contribution in [3.8, 4) is 0 Å². The van der Waals surface area contributed by atoms with Crippen LogP contribution in [-0.2, 0) is 13.0 Å². The van der Waals surface area contributed by atoms with E-state index in [1.807, 2.05) is 19.1 Å². The third kappa shape index (κ3) is 2.60. The fourth-order valence-electron chi connectivity index (χ4n) is 1.97. The van der Waals surface area contributed by atoms with Crippen molar-refractivity contribution in [2.24, 2.45) is 0 Å². The lowest BCUT2D eigenvalue weighted by Gasteiger charge is -2.06. The van der Waals surface area contributed by atoms with Crippen LogP contribution in [0.3, 0.4) is 0 Å². The van der Waals surface area contributed by atoms with E-state index in [1.165, 1.54) is 6.42 Å². The smallest absolute Gasteiger partial charge is 0.160 e. The number of unbranched alkanes of at least 4 members (excludes halogenated alkanes) is 1. The minimum atomic E-state index is 0.606. The summed E-state index contributed by atoms with van der Waals surface area (Å²) in [6.45, 7) is 5.19. The summed E-state index contributed by atoms with van der Waals surface area (Å²) in [4.78, 5) is 9.20. The van der Waals surface area contributed by atoms with E-state index in [2.05, 4.69) is 21.5 Å². The van der Waals surface area contributed by atoms with Gasteiger partial charge in [0.2, 0.25) is 0 Å². The number of pyridine rings is 1. The molecular formula is C13H18ClN3. The summed E-state index contributed by atoms with van der Waals surface area (Å²) in [5, 5.41) is 0. The van der Waals surface area contributed by atoms with Gasteiger partial charge in [-0.05, 0) is 25.5 Å². The topological polar surface area (TPSA) is 30.7 Å². The summed E-state index contributed by atoms with van der Waals surface area (Å²) < 4.78 is 2.22. The Balaban J connectivity index is 2.47. The Morgan fingerprint density at radius 2 is 2.12 bits per heavy atom. The Kier molecular flexibility index (Phi) is 4.00. The summed E-state index contributed by atoms with van der Waals surface area (Å²) in [5.41, 5.74) is 3.01. The fourth-order valence-corrected chi connectivity index (χ4v) is 2.14. The van der Waals surface area contributed by atoms with E-state index in [4.69, 9.17) is 11.6 Å². The molecule has 0 saturated heterocycles. The van der Waals surface area contributed by atoms with Crippen molar-refractivity contribution in [2.75, 3.05) is 5.88 Å². The zero-order valence-electron chi connectivity index (χ0n) is 10.4. The molecule has 17 heavy (non-hydrogen) atoms. The van der Waals surface area contributed by atoms with E-state index in [1.54, 1.807) is 0 Å². The van der Waals surface area contributed by atoms with Crippen LogP contribution < -0.4 is 0 Å². The predicted octanol–water partition coefficient (Wildman–Crippen LogP) is 3.32. The fraction of sp³-hybridized carbons (Fsp3) is 0.538. The Labute approximate surface area is 107 Å². The Morgan fingerprint density at radius 3 is 2.82 bits per heavy atom. The first kappa shape index (κ1) is 12.4. The molecule has 0 aliphatic heterocycles. The SMILES string of the molecule is CCCCn1c(CCCl)nc2ccc(C)nc21. The number of aromatic nitrogens is 3. The molecular weight excluding hydrogens is 234 g/mol. The largest absolute Gasteiger partial charge is 0.313 e. The van der Waals surface area contributed by atoms with Gasteiger partial charge in [0.25, 0.3) is 0 Å². The monoisotopic (exact) mass is 251 g/mol. The molecule has 4 heteroatoms. The summed E-state index contributed by atoms with van der Waals surface area (Å²) in [7, 11) is 0. The average molecular weight is 252 g/mol. The number of rotatable bonds is 5. The van der Waals surface area contributed by atoms with E-state index in [0.717, 1.165) is 42.1 Å². The van der Waals surface area contributed by atoms with E-state index in [9.17, 15) is 0 Å². The van der Waals surface area contributed by atoms with E-state index < -0.39 is 0 Å². The van der Waals surface area contributed by atoms with Crippen LogP contribution in [0.2, 0.25) is 0 Å². The molecule has 0 aromatic carbocycles. The number of hydrogen-bond donors (Lipinski definition) is 0. The molecule has 0 unspecified atom stereocenters. The lowest BCUT2D eigenvalue weighted by molar-refractivity contribution is 0.616. The molecule has 2 aromatic rings. The van der Waals surface area contributed by atoms with Crippen LogP contribution in [0.4, 0.5) is 0 Å². The van der Waals surface area contributed by atoms with Crippen LogP contribution in [0.15, 0.2) is 12.1 Å². The molecule has 2 heterocycles. The van der Waals surface area contributed by atoms with Gasteiger partial charge >= 0.3 is 0 Å². The van der Waals surface area contributed by atoms with Gasteiger partial charge in [0.15, 0.2) is 5.65 Å². The number of imidazole rings is 1. The second-order valence-electron chi connectivity index (χ2n) is 4.27. The van der Waals surface area contributed by atoms with E-state index >= 15 is 0 Å². The molecule has 92 valence electrons.